The molecule has 0 saturated carbocycles. The van der Waals surface area contributed by atoms with Gasteiger partial charge in [-0.15, -0.1) is 11.3 Å². The monoisotopic (exact) mass is 379 g/mol. The third kappa shape index (κ3) is 4.90. The van der Waals surface area contributed by atoms with E-state index in [0.717, 1.165) is 24.6 Å². The summed E-state index contributed by atoms with van der Waals surface area (Å²) in [5, 5.41) is 6.62. The summed E-state index contributed by atoms with van der Waals surface area (Å²) in [6, 6.07) is 16.1. The maximum absolute atomic E-state index is 11.5. The van der Waals surface area contributed by atoms with Crippen LogP contribution in [0.15, 0.2) is 53.9 Å². The molecule has 1 heterocycles. The third-order valence-electron chi connectivity index (χ3n) is 4.68. The second-order valence-corrected chi connectivity index (χ2v) is 8.24. The molecule has 0 aliphatic heterocycles. The van der Waals surface area contributed by atoms with Gasteiger partial charge in [-0.3, -0.25) is 5.32 Å². The zero-order chi connectivity index (χ0) is 19.2. The second-order valence-electron chi connectivity index (χ2n) is 7.33. The SMILES string of the molecule is CC(C)CC(C=O)NC(C=O)Cc1ccc(-c2csc3ccccc23)cc1. The Balaban J connectivity index is 1.71. The molecule has 0 aliphatic rings. The van der Waals surface area contributed by atoms with E-state index in [4.69, 9.17) is 0 Å². The number of nitrogens with one attached hydrogen (secondary N) is 1. The maximum atomic E-state index is 11.5. The number of aldehydes is 2. The van der Waals surface area contributed by atoms with Gasteiger partial charge in [0.05, 0.1) is 12.1 Å². The molecule has 0 radical (unpaired) electrons. The predicted molar refractivity (Wildman–Crippen MR) is 113 cm³/mol. The van der Waals surface area contributed by atoms with E-state index in [9.17, 15) is 9.59 Å². The molecule has 2 aromatic carbocycles. The van der Waals surface area contributed by atoms with Crippen molar-refractivity contribution in [3.05, 3.63) is 59.5 Å². The molecule has 3 nitrogen and oxygen atoms in total. The first-order chi connectivity index (χ1) is 13.1. The molecule has 2 atom stereocenters. The zero-order valence-corrected chi connectivity index (χ0v) is 16.5. The Bertz CT molecular complexity index is 898. The molecule has 0 amide bonds. The minimum Gasteiger partial charge on any atom is -0.302 e. The second kappa shape index (κ2) is 9.07. The highest BCUT2D eigenvalue weighted by Crippen LogP contribution is 2.33. The van der Waals surface area contributed by atoms with Gasteiger partial charge in [-0.1, -0.05) is 56.3 Å². The van der Waals surface area contributed by atoms with Crippen LogP contribution < -0.4 is 5.32 Å². The number of carbonyl (C=O) groups is 2. The van der Waals surface area contributed by atoms with E-state index >= 15 is 0 Å². The first-order valence-corrected chi connectivity index (χ1v) is 10.2. The van der Waals surface area contributed by atoms with Crippen molar-refractivity contribution in [3.63, 3.8) is 0 Å². The van der Waals surface area contributed by atoms with E-state index in [-0.39, 0.29) is 12.1 Å². The van der Waals surface area contributed by atoms with Gasteiger partial charge in [0.15, 0.2) is 0 Å². The summed E-state index contributed by atoms with van der Waals surface area (Å²) in [6.45, 7) is 4.14. The van der Waals surface area contributed by atoms with Gasteiger partial charge in [0, 0.05) is 15.6 Å². The highest BCUT2D eigenvalue weighted by Gasteiger charge is 2.16. The standard InChI is InChI=1S/C23H25NO2S/c1-16(2)11-19(13-25)24-20(14-26)12-17-7-9-18(10-8-17)22-15-27-23-6-4-3-5-21(22)23/h3-10,13-16,19-20,24H,11-12H2,1-2H3. The molecule has 140 valence electrons. The van der Waals surface area contributed by atoms with Crippen LogP contribution in [0.4, 0.5) is 0 Å². The molecule has 0 aliphatic carbocycles. The Hall–Kier alpha value is -2.30. The van der Waals surface area contributed by atoms with Gasteiger partial charge >= 0.3 is 0 Å². The van der Waals surface area contributed by atoms with Crippen molar-refractivity contribution in [3.8, 4) is 11.1 Å². The Morgan fingerprint density at radius 1 is 0.963 bits per heavy atom. The summed E-state index contributed by atoms with van der Waals surface area (Å²) < 4.78 is 1.28. The van der Waals surface area contributed by atoms with Gasteiger partial charge in [0.2, 0.25) is 0 Å². The molecular formula is C23H25NO2S. The minimum absolute atomic E-state index is 0.281. The van der Waals surface area contributed by atoms with Crippen molar-refractivity contribution in [1.29, 1.82) is 0 Å². The smallest absolute Gasteiger partial charge is 0.137 e. The van der Waals surface area contributed by atoms with Crippen LogP contribution in [0, 0.1) is 5.92 Å². The van der Waals surface area contributed by atoms with Crippen LogP contribution >= 0.6 is 11.3 Å². The molecule has 0 spiro atoms. The van der Waals surface area contributed by atoms with E-state index in [2.05, 4.69) is 73.1 Å². The molecule has 27 heavy (non-hydrogen) atoms. The predicted octanol–water partition coefficient (Wildman–Crippen LogP) is 4.88. The Labute approximate surface area is 164 Å². The van der Waals surface area contributed by atoms with Crippen LogP contribution in [0.2, 0.25) is 0 Å². The maximum Gasteiger partial charge on any atom is 0.137 e. The van der Waals surface area contributed by atoms with Gasteiger partial charge in [-0.2, -0.15) is 0 Å². The lowest BCUT2D eigenvalue weighted by atomic mass is 9.99. The van der Waals surface area contributed by atoms with Crippen molar-refractivity contribution in [2.45, 2.75) is 38.8 Å². The molecule has 4 heteroatoms. The largest absolute Gasteiger partial charge is 0.302 e. The first-order valence-electron chi connectivity index (χ1n) is 9.33. The average Bonchev–Trinajstić information content (AvgIpc) is 3.11. The number of thiophene rings is 1. The van der Waals surface area contributed by atoms with Gasteiger partial charge < -0.3 is 9.59 Å². The normalized spacial score (nSPS) is 13.6. The Kier molecular flexibility index (Phi) is 6.54. The molecule has 3 aromatic rings. The average molecular weight is 380 g/mol. The molecule has 2 unspecified atom stereocenters. The van der Waals surface area contributed by atoms with E-state index in [0.29, 0.717) is 12.3 Å². The quantitative estimate of drug-likeness (QED) is 0.539. The number of rotatable bonds is 9. The van der Waals surface area contributed by atoms with Crippen LogP contribution in [0.3, 0.4) is 0 Å². The molecule has 3 rings (SSSR count). The fraction of sp³-hybridized carbons (Fsp3) is 0.304. The fourth-order valence-electron chi connectivity index (χ4n) is 3.37. The van der Waals surface area contributed by atoms with Gasteiger partial charge in [0.1, 0.15) is 12.6 Å². The number of hydrogen-bond acceptors (Lipinski definition) is 4. The van der Waals surface area contributed by atoms with Gasteiger partial charge in [0.25, 0.3) is 0 Å². The van der Waals surface area contributed by atoms with Crippen molar-refractivity contribution in [2.24, 2.45) is 5.92 Å². The van der Waals surface area contributed by atoms with Crippen molar-refractivity contribution in [1.82, 2.24) is 5.32 Å². The molecule has 0 fully saturated rings. The van der Waals surface area contributed by atoms with E-state index in [1.165, 1.54) is 21.2 Å². The van der Waals surface area contributed by atoms with E-state index < -0.39 is 0 Å². The number of fused-ring (bicyclic) bond motifs is 1. The minimum atomic E-state index is -0.355. The summed E-state index contributed by atoms with van der Waals surface area (Å²) in [6.07, 6.45) is 3.12. The number of hydrogen-bond donors (Lipinski definition) is 1. The van der Waals surface area contributed by atoms with Crippen LogP contribution in [0.1, 0.15) is 25.8 Å². The first kappa shape index (κ1) is 19.5. The van der Waals surface area contributed by atoms with Gasteiger partial charge in [-0.25, -0.2) is 0 Å². The highest BCUT2D eigenvalue weighted by atomic mass is 32.1. The Morgan fingerprint density at radius 2 is 1.67 bits per heavy atom. The lowest BCUT2D eigenvalue weighted by Gasteiger charge is -2.19. The molecular weight excluding hydrogens is 354 g/mol. The topological polar surface area (TPSA) is 46.2 Å². The van der Waals surface area contributed by atoms with Crippen LogP contribution in [0.25, 0.3) is 21.2 Å². The van der Waals surface area contributed by atoms with E-state index in [1.54, 1.807) is 11.3 Å². The zero-order valence-electron chi connectivity index (χ0n) is 15.7. The third-order valence-corrected chi connectivity index (χ3v) is 5.65. The summed E-state index contributed by atoms with van der Waals surface area (Å²) in [5.41, 5.74) is 3.50. The fourth-order valence-corrected chi connectivity index (χ4v) is 4.34. The number of benzene rings is 2. The van der Waals surface area contributed by atoms with Crippen molar-refractivity contribution in [2.75, 3.05) is 0 Å². The van der Waals surface area contributed by atoms with Crippen LogP contribution in [-0.2, 0) is 16.0 Å². The Morgan fingerprint density at radius 3 is 2.33 bits per heavy atom. The van der Waals surface area contributed by atoms with E-state index in [1.807, 2.05) is 0 Å². The lowest BCUT2D eigenvalue weighted by Crippen LogP contribution is -2.42. The van der Waals surface area contributed by atoms with Crippen LogP contribution in [0.5, 0.6) is 0 Å². The molecule has 1 aromatic heterocycles. The summed E-state index contributed by atoms with van der Waals surface area (Å²) >= 11 is 1.75. The summed E-state index contributed by atoms with van der Waals surface area (Å²) in [5.74, 6) is 0.403. The highest BCUT2D eigenvalue weighted by molar-refractivity contribution is 7.17. The molecule has 0 saturated heterocycles. The lowest BCUT2D eigenvalue weighted by molar-refractivity contribution is -0.111. The summed E-state index contributed by atoms with van der Waals surface area (Å²) in [7, 11) is 0. The molecule has 1 N–H and O–H groups in total. The summed E-state index contributed by atoms with van der Waals surface area (Å²) in [4.78, 5) is 22.7. The van der Waals surface area contributed by atoms with Gasteiger partial charge in [-0.05, 0) is 41.3 Å². The van der Waals surface area contributed by atoms with Crippen LogP contribution in [-0.4, -0.2) is 24.7 Å². The van der Waals surface area contributed by atoms with Crippen molar-refractivity contribution < 1.29 is 9.59 Å². The molecule has 0 bridgehead atoms. The number of carbonyl (C=O) groups excluding carboxylic acids is 2. The van der Waals surface area contributed by atoms with Crippen molar-refractivity contribution >= 4 is 34.0 Å².